The van der Waals surface area contributed by atoms with Crippen molar-refractivity contribution in [2.45, 2.75) is 32.4 Å². The lowest BCUT2D eigenvalue weighted by molar-refractivity contribution is 0.551. The van der Waals surface area contributed by atoms with Crippen molar-refractivity contribution in [3.8, 4) is 0 Å². The summed E-state index contributed by atoms with van der Waals surface area (Å²) in [7, 11) is 1.80. The van der Waals surface area contributed by atoms with Gasteiger partial charge in [-0.05, 0) is 31.4 Å². The summed E-state index contributed by atoms with van der Waals surface area (Å²) in [4.78, 5) is 22.0. The number of benzene rings is 1. The maximum absolute atomic E-state index is 12.2. The van der Waals surface area contributed by atoms with Crippen LogP contribution in [0.4, 0.5) is 5.69 Å². The smallest absolute Gasteiger partial charge is 0.262 e. The third kappa shape index (κ3) is 2.30. The second-order valence-electron chi connectivity index (χ2n) is 6.16. The lowest BCUT2D eigenvalue weighted by Gasteiger charge is -2.36. The summed E-state index contributed by atoms with van der Waals surface area (Å²) in [6, 6.07) is 8.87. The summed E-state index contributed by atoms with van der Waals surface area (Å²) in [5.41, 5.74) is 3.09. The van der Waals surface area contributed by atoms with Crippen LogP contribution in [0.15, 0.2) is 35.3 Å². The quantitative estimate of drug-likeness (QED) is 0.786. The van der Waals surface area contributed by atoms with Gasteiger partial charge in [0.2, 0.25) is 0 Å². The van der Waals surface area contributed by atoms with Crippen molar-refractivity contribution in [1.29, 1.82) is 0 Å². The topological polar surface area (TPSA) is 66.8 Å². The van der Waals surface area contributed by atoms with Gasteiger partial charge in [0.15, 0.2) is 5.65 Å². The van der Waals surface area contributed by atoms with Gasteiger partial charge in [-0.2, -0.15) is 5.10 Å². The molecule has 3 aromatic rings. The van der Waals surface area contributed by atoms with E-state index in [0.717, 1.165) is 12.8 Å². The summed E-state index contributed by atoms with van der Waals surface area (Å²) in [6.45, 7) is 2.81. The van der Waals surface area contributed by atoms with Crippen molar-refractivity contribution < 1.29 is 0 Å². The van der Waals surface area contributed by atoms with Gasteiger partial charge in [0.1, 0.15) is 11.2 Å². The number of anilines is 1. The van der Waals surface area contributed by atoms with E-state index in [1.807, 2.05) is 0 Å². The maximum Gasteiger partial charge on any atom is 0.262 e. The number of H-pyrrole nitrogens is 1. The molecule has 0 unspecified atom stereocenters. The third-order valence-electron chi connectivity index (χ3n) is 4.64. The summed E-state index contributed by atoms with van der Waals surface area (Å²) in [6.07, 6.45) is 3.76. The molecule has 0 spiro atoms. The molecule has 1 aromatic carbocycles. The lowest BCUT2D eigenvalue weighted by atomic mass is 9.96. The largest absolute Gasteiger partial charge is 0.361 e. The van der Waals surface area contributed by atoms with Gasteiger partial charge in [0.05, 0.1) is 12.7 Å². The summed E-state index contributed by atoms with van der Waals surface area (Å²) >= 11 is 0. The normalized spacial score (nSPS) is 17.5. The maximum atomic E-state index is 12.2. The fourth-order valence-corrected chi connectivity index (χ4v) is 3.32. The van der Waals surface area contributed by atoms with Gasteiger partial charge < -0.3 is 9.88 Å². The number of aryl methyl sites for hydroxylation is 2. The molecule has 0 bridgehead atoms. The molecule has 6 heteroatoms. The Bertz CT molecular complexity index is 926. The Morgan fingerprint density at radius 2 is 2.17 bits per heavy atom. The minimum Gasteiger partial charge on any atom is -0.361 e. The molecule has 118 valence electrons. The Hall–Kier alpha value is -2.63. The van der Waals surface area contributed by atoms with E-state index in [9.17, 15) is 4.79 Å². The predicted molar refractivity (Wildman–Crippen MR) is 89.5 cm³/mol. The van der Waals surface area contributed by atoms with Crippen LogP contribution in [0.2, 0.25) is 0 Å². The van der Waals surface area contributed by atoms with E-state index in [1.54, 1.807) is 17.9 Å². The third-order valence-corrected chi connectivity index (χ3v) is 4.64. The molecule has 3 heterocycles. The molecule has 0 radical (unpaired) electrons. The van der Waals surface area contributed by atoms with Crippen LogP contribution >= 0.6 is 0 Å². The van der Waals surface area contributed by atoms with E-state index in [4.69, 9.17) is 0 Å². The average molecular weight is 309 g/mol. The van der Waals surface area contributed by atoms with Crippen molar-refractivity contribution in [1.82, 2.24) is 19.7 Å². The summed E-state index contributed by atoms with van der Waals surface area (Å²) < 4.78 is 1.64. The van der Waals surface area contributed by atoms with Crippen LogP contribution in [-0.4, -0.2) is 25.8 Å². The highest BCUT2D eigenvalue weighted by atomic mass is 16.1. The Kier molecular flexibility index (Phi) is 3.18. The van der Waals surface area contributed by atoms with E-state index < -0.39 is 0 Å². The molecule has 1 aliphatic rings. The first-order valence-corrected chi connectivity index (χ1v) is 7.89. The van der Waals surface area contributed by atoms with Crippen molar-refractivity contribution in [3.05, 3.63) is 52.2 Å². The number of aromatic amines is 1. The zero-order chi connectivity index (χ0) is 16.0. The first kappa shape index (κ1) is 14.0. The van der Waals surface area contributed by atoms with E-state index >= 15 is 0 Å². The highest BCUT2D eigenvalue weighted by molar-refractivity contribution is 5.73. The molecular weight excluding hydrogens is 290 g/mol. The SMILES string of the molecule is C[C@H]1CCc2ccccc2N1Cc1nc2c(cnn2C)c(=O)[nH]1. The Balaban J connectivity index is 1.76. The molecule has 0 amide bonds. The fourth-order valence-electron chi connectivity index (χ4n) is 3.32. The first-order valence-electron chi connectivity index (χ1n) is 7.89. The van der Waals surface area contributed by atoms with Gasteiger partial charge in [0.25, 0.3) is 5.56 Å². The second kappa shape index (κ2) is 5.22. The number of para-hydroxylation sites is 1. The fraction of sp³-hybridized carbons (Fsp3) is 0.353. The van der Waals surface area contributed by atoms with Crippen LogP contribution in [0.1, 0.15) is 24.7 Å². The number of hydrogen-bond donors (Lipinski definition) is 1. The average Bonchev–Trinajstić information content (AvgIpc) is 2.92. The molecule has 1 atom stereocenters. The predicted octanol–water partition coefficient (Wildman–Crippen LogP) is 2.00. The number of nitrogens with one attached hydrogen (secondary N) is 1. The molecule has 0 aliphatic carbocycles. The minimum atomic E-state index is -0.129. The van der Waals surface area contributed by atoms with Crippen LogP contribution in [0, 0.1) is 0 Å². The molecule has 0 saturated carbocycles. The van der Waals surface area contributed by atoms with E-state index in [-0.39, 0.29) is 5.56 Å². The molecule has 2 aromatic heterocycles. The molecule has 1 aliphatic heterocycles. The lowest BCUT2D eigenvalue weighted by Crippen LogP contribution is -2.37. The van der Waals surface area contributed by atoms with Crippen molar-refractivity contribution in [3.63, 3.8) is 0 Å². The van der Waals surface area contributed by atoms with E-state index in [0.29, 0.717) is 29.4 Å². The minimum absolute atomic E-state index is 0.129. The van der Waals surface area contributed by atoms with Crippen molar-refractivity contribution >= 4 is 16.7 Å². The van der Waals surface area contributed by atoms with Crippen LogP contribution in [0.5, 0.6) is 0 Å². The monoisotopic (exact) mass is 309 g/mol. The van der Waals surface area contributed by atoms with Crippen LogP contribution in [-0.2, 0) is 20.0 Å². The molecule has 6 nitrogen and oxygen atoms in total. The summed E-state index contributed by atoms with van der Waals surface area (Å²) in [5.74, 6) is 0.676. The van der Waals surface area contributed by atoms with Crippen LogP contribution in [0.3, 0.4) is 0 Å². The van der Waals surface area contributed by atoms with Gasteiger partial charge in [0, 0.05) is 18.8 Å². The number of nitrogens with zero attached hydrogens (tertiary/aromatic N) is 4. The summed E-state index contributed by atoms with van der Waals surface area (Å²) in [5, 5.41) is 4.65. The standard InChI is InChI=1S/C17H19N5O/c1-11-7-8-12-5-3-4-6-14(12)22(11)10-15-19-16-13(17(23)20-15)9-18-21(16)2/h3-6,9,11H,7-8,10H2,1-2H3,(H,19,20,23)/t11-/m0/s1. The zero-order valence-electron chi connectivity index (χ0n) is 13.3. The Labute approximate surface area is 133 Å². The van der Waals surface area contributed by atoms with E-state index in [1.165, 1.54) is 11.3 Å². The highest BCUT2D eigenvalue weighted by Crippen LogP contribution is 2.31. The molecule has 23 heavy (non-hydrogen) atoms. The number of fused-ring (bicyclic) bond motifs is 2. The zero-order valence-corrected chi connectivity index (χ0v) is 13.3. The molecule has 0 fully saturated rings. The van der Waals surface area contributed by atoms with Gasteiger partial charge in [-0.15, -0.1) is 0 Å². The van der Waals surface area contributed by atoms with Gasteiger partial charge in [-0.3, -0.25) is 9.48 Å². The van der Waals surface area contributed by atoms with Crippen molar-refractivity contribution in [2.75, 3.05) is 4.90 Å². The molecule has 1 N–H and O–H groups in total. The second-order valence-corrected chi connectivity index (χ2v) is 6.16. The molecule has 0 saturated heterocycles. The van der Waals surface area contributed by atoms with Gasteiger partial charge in [-0.1, -0.05) is 18.2 Å². The Morgan fingerprint density at radius 3 is 3.04 bits per heavy atom. The van der Waals surface area contributed by atoms with Crippen LogP contribution in [0.25, 0.3) is 11.0 Å². The molecule has 4 rings (SSSR count). The van der Waals surface area contributed by atoms with E-state index in [2.05, 4.69) is 51.2 Å². The number of hydrogen-bond acceptors (Lipinski definition) is 4. The number of rotatable bonds is 2. The first-order chi connectivity index (χ1) is 11.1. The number of aromatic nitrogens is 4. The molecular formula is C17H19N5O. The van der Waals surface area contributed by atoms with Gasteiger partial charge >= 0.3 is 0 Å². The Morgan fingerprint density at radius 1 is 1.35 bits per heavy atom. The van der Waals surface area contributed by atoms with Crippen LogP contribution < -0.4 is 10.5 Å². The highest BCUT2D eigenvalue weighted by Gasteiger charge is 2.23. The van der Waals surface area contributed by atoms with Crippen molar-refractivity contribution in [2.24, 2.45) is 7.05 Å². The van der Waals surface area contributed by atoms with Gasteiger partial charge in [-0.25, -0.2) is 4.98 Å².